The van der Waals surface area contributed by atoms with E-state index >= 15 is 0 Å². The van der Waals surface area contributed by atoms with Gasteiger partial charge in [-0.05, 0) is 23.7 Å². The van der Waals surface area contributed by atoms with Crippen molar-refractivity contribution in [3.63, 3.8) is 0 Å². The Morgan fingerprint density at radius 1 is 1.40 bits per heavy atom. The van der Waals surface area contributed by atoms with Crippen LogP contribution in [-0.2, 0) is 0 Å². The van der Waals surface area contributed by atoms with Gasteiger partial charge in [0.25, 0.3) is 0 Å². The number of rotatable bonds is 4. The summed E-state index contributed by atoms with van der Waals surface area (Å²) >= 11 is 0. The summed E-state index contributed by atoms with van der Waals surface area (Å²) in [5.41, 5.74) is 2.21. The van der Waals surface area contributed by atoms with Crippen molar-refractivity contribution >= 4 is 11.3 Å². The molecule has 1 aromatic rings. The average molecular weight is 199 g/mol. The summed E-state index contributed by atoms with van der Waals surface area (Å²) in [6, 6.07) is 7.24. The predicted molar refractivity (Wildman–Crippen MR) is 64.9 cm³/mol. The molecule has 0 aliphatic rings. The average Bonchev–Trinajstić information content (AvgIpc) is 2.29. The fourth-order valence-corrected chi connectivity index (χ4v) is 1.34. The molecule has 0 saturated carbocycles. The Balaban J connectivity index is 3.27. The lowest BCUT2D eigenvalue weighted by atomic mass is 10.0. The van der Waals surface area contributed by atoms with E-state index in [1.807, 2.05) is 37.3 Å². The summed E-state index contributed by atoms with van der Waals surface area (Å²) in [5, 5.41) is 3.00. The highest BCUT2D eigenvalue weighted by molar-refractivity contribution is 5.81. The van der Waals surface area contributed by atoms with Crippen LogP contribution in [0.3, 0.4) is 0 Å². The van der Waals surface area contributed by atoms with Crippen molar-refractivity contribution in [2.75, 3.05) is 0 Å². The fraction of sp³-hybridized carbons (Fsp3) is 0.0769. The van der Waals surface area contributed by atoms with Crippen LogP contribution in [0.15, 0.2) is 60.3 Å². The van der Waals surface area contributed by atoms with Crippen molar-refractivity contribution in [1.29, 1.82) is 0 Å². The fourth-order valence-electron chi connectivity index (χ4n) is 1.34. The molecule has 0 unspecified atom stereocenters. The third-order valence-corrected chi connectivity index (χ3v) is 1.96. The molecular weight excluding hydrogens is 186 g/mol. The third kappa shape index (κ3) is 2.74. The van der Waals surface area contributed by atoms with E-state index in [1.54, 1.807) is 18.2 Å². The SMILES string of the molecule is C=C/C=C(\C=C/C)c1ccccc1N=O. The Kier molecular flexibility index (Phi) is 4.23. The third-order valence-electron chi connectivity index (χ3n) is 1.96. The molecule has 0 fully saturated rings. The molecule has 0 heterocycles. The van der Waals surface area contributed by atoms with Crippen molar-refractivity contribution in [2.45, 2.75) is 6.92 Å². The number of hydrogen-bond acceptors (Lipinski definition) is 2. The first-order valence-electron chi connectivity index (χ1n) is 4.71. The molecule has 76 valence electrons. The van der Waals surface area contributed by atoms with Crippen molar-refractivity contribution in [1.82, 2.24) is 0 Å². The number of nitroso groups, excluding NO2 is 1. The van der Waals surface area contributed by atoms with E-state index in [2.05, 4.69) is 11.8 Å². The second-order valence-corrected chi connectivity index (χ2v) is 2.97. The van der Waals surface area contributed by atoms with Crippen LogP contribution in [0.5, 0.6) is 0 Å². The van der Waals surface area contributed by atoms with Gasteiger partial charge in [0.15, 0.2) is 0 Å². The molecule has 0 amide bonds. The van der Waals surface area contributed by atoms with Crippen LogP contribution < -0.4 is 0 Å². The lowest BCUT2D eigenvalue weighted by molar-refractivity contribution is 1.46. The van der Waals surface area contributed by atoms with Gasteiger partial charge >= 0.3 is 0 Å². The van der Waals surface area contributed by atoms with Gasteiger partial charge in [0.1, 0.15) is 5.69 Å². The second-order valence-electron chi connectivity index (χ2n) is 2.97. The quantitative estimate of drug-likeness (QED) is 0.527. The lowest BCUT2D eigenvalue weighted by Crippen LogP contribution is -1.81. The normalized spacial score (nSPS) is 11.7. The van der Waals surface area contributed by atoms with Gasteiger partial charge in [-0.3, -0.25) is 0 Å². The van der Waals surface area contributed by atoms with Gasteiger partial charge in [0, 0.05) is 5.56 Å². The van der Waals surface area contributed by atoms with E-state index in [1.165, 1.54) is 0 Å². The molecule has 15 heavy (non-hydrogen) atoms. The van der Waals surface area contributed by atoms with Gasteiger partial charge in [-0.15, -0.1) is 4.91 Å². The zero-order chi connectivity index (χ0) is 11.1. The minimum Gasteiger partial charge on any atom is -0.145 e. The molecule has 2 heteroatoms. The standard InChI is InChI=1S/C13H13NO/c1-3-7-11(8-4-2)12-9-5-6-10-13(12)14-15/h3-10H,1H2,2H3/b8-4-,11-7+. The molecule has 0 aromatic heterocycles. The van der Waals surface area contributed by atoms with Crippen LogP contribution in [0.1, 0.15) is 12.5 Å². The molecule has 0 aliphatic heterocycles. The van der Waals surface area contributed by atoms with Gasteiger partial charge in [-0.2, -0.15) is 0 Å². The number of allylic oxidation sites excluding steroid dienone is 5. The van der Waals surface area contributed by atoms with E-state index in [0.29, 0.717) is 5.69 Å². The van der Waals surface area contributed by atoms with Gasteiger partial charge in [-0.1, -0.05) is 49.1 Å². The Morgan fingerprint density at radius 2 is 2.13 bits per heavy atom. The number of benzene rings is 1. The van der Waals surface area contributed by atoms with Crippen LogP contribution in [0.2, 0.25) is 0 Å². The van der Waals surface area contributed by atoms with Gasteiger partial charge < -0.3 is 0 Å². The summed E-state index contributed by atoms with van der Waals surface area (Å²) < 4.78 is 0. The highest BCUT2D eigenvalue weighted by Crippen LogP contribution is 2.26. The summed E-state index contributed by atoms with van der Waals surface area (Å²) in [5.74, 6) is 0. The first-order chi connectivity index (χ1) is 7.33. The Hall–Kier alpha value is -1.96. The molecule has 0 atom stereocenters. The molecule has 2 nitrogen and oxygen atoms in total. The smallest absolute Gasteiger partial charge is 0.115 e. The summed E-state index contributed by atoms with van der Waals surface area (Å²) in [4.78, 5) is 10.6. The summed E-state index contributed by atoms with van der Waals surface area (Å²) in [7, 11) is 0. The van der Waals surface area contributed by atoms with Gasteiger partial charge in [0.2, 0.25) is 0 Å². The highest BCUT2D eigenvalue weighted by Gasteiger charge is 2.03. The van der Waals surface area contributed by atoms with Crippen LogP contribution in [0.25, 0.3) is 5.57 Å². The zero-order valence-electron chi connectivity index (χ0n) is 8.68. The van der Waals surface area contributed by atoms with Crippen molar-refractivity contribution < 1.29 is 0 Å². The van der Waals surface area contributed by atoms with Crippen LogP contribution in [0, 0.1) is 4.91 Å². The maximum absolute atomic E-state index is 10.6. The number of nitrogens with zero attached hydrogens (tertiary/aromatic N) is 1. The maximum Gasteiger partial charge on any atom is 0.115 e. The Labute approximate surface area is 89.6 Å². The van der Waals surface area contributed by atoms with E-state index < -0.39 is 0 Å². The Morgan fingerprint density at radius 3 is 2.73 bits per heavy atom. The van der Waals surface area contributed by atoms with Crippen LogP contribution >= 0.6 is 0 Å². The predicted octanol–water partition coefficient (Wildman–Crippen LogP) is 4.23. The lowest BCUT2D eigenvalue weighted by Gasteiger charge is -2.03. The van der Waals surface area contributed by atoms with Crippen molar-refractivity contribution in [3.8, 4) is 0 Å². The van der Waals surface area contributed by atoms with Crippen molar-refractivity contribution in [3.05, 3.63) is 65.6 Å². The topological polar surface area (TPSA) is 29.4 Å². The first-order valence-corrected chi connectivity index (χ1v) is 4.71. The monoisotopic (exact) mass is 199 g/mol. The molecule has 1 rings (SSSR count). The molecule has 1 aromatic carbocycles. The summed E-state index contributed by atoms with van der Waals surface area (Å²) in [6.07, 6.45) is 7.38. The molecule has 0 radical (unpaired) electrons. The zero-order valence-corrected chi connectivity index (χ0v) is 8.68. The molecule has 0 bridgehead atoms. The highest BCUT2D eigenvalue weighted by atomic mass is 16.3. The van der Waals surface area contributed by atoms with Gasteiger partial charge in [-0.25, -0.2) is 0 Å². The van der Waals surface area contributed by atoms with Crippen LogP contribution in [0.4, 0.5) is 5.69 Å². The molecule has 0 saturated heterocycles. The van der Waals surface area contributed by atoms with E-state index in [0.717, 1.165) is 11.1 Å². The van der Waals surface area contributed by atoms with E-state index in [4.69, 9.17) is 0 Å². The first kappa shape index (κ1) is 11.1. The largest absolute Gasteiger partial charge is 0.145 e. The van der Waals surface area contributed by atoms with Gasteiger partial charge in [0.05, 0.1) is 0 Å². The minimum atomic E-state index is 0.448. The molecule has 0 N–H and O–H groups in total. The second kappa shape index (κ2) is 5.70. The number of hydrogen-bond donors (Lipinski definition) is 0. The molecule has 0 aliphatic carbocycles. The van der Waals surface area contributed by atoms with E-state index in [-0.39, 0.29) is 0 Å². The van der Waals surface area contributed by atoms with Crippen molar-refractivity contribution in [2.24, 2.45) is 5.18 Å². The molecular formula is C13H13NO. The maximum atomic E-state index is 10.6. The minimum absolute atomic E-state index is 0.448. The Bertz CT molecular complexity index is 416. The molecule has 0 spiro atoms. The van der Waals surface area contributed by atoms with Crippen LogP contribution in [-0.4, -0.2) is 0 Å². The van der Waals surface area contributed by atoms with E-state index in [9.17, 15) is 4.91 Å². The summed E-state index contributed by atoms with van der Waals surface area (Å²) in [6.45, 7) is 5.57.